The largest absolute Gasteiger partial charge is 0.451 e. The van der Waals surface area contributed by atoms with Gasteiger partial charge in [-0.05, 0) is 35.8 Å². The van der Waals surface area contributed by atoms with Gasteiger partial charge < -0.3 is 4.74 Å². The fourth-order valence-corrected chi connectivity index (χ4v) is 2.39. The van der Waals surface area contributed by atoms with Gasteiger partial charge in [0.2, 0.25) is 0 Å². The van der Waals surface area contributed by atoms with Gasteiger partial charge in [0.1, 0.15) is 11.2 Å². The highest BCUT2D eigenvalue weighted by atomic mass is 79.9. The Morgan fingerprint density at radius 2 is 2.05 bits per heavy atom. The van der Waals surface area contributed by atoms with Crippen LogP contribution in [0.2, 0.25) is 0 Å². The van der Waals surface area contributed by atoms with Crippen LogP contribution in [0.25, 0.3) is 11.0 Å². The van der Waals surface area contributed by atoms with E-state index in [1.807, 2.05) is 33.0 Å². The first-order valence-corrected chi connectivity index (χ1v) is 6.94. The molecule has 3 aromatic heterocycles. The first-order chi connectivity index (χ1) is 9.56. The summed E-state index contributed by atoms with van der Waals surface area (Å²) in [6.07, 6.45) is 3.45. The third-order valence-electron chi connectivity index (χ3n) is 3.16. The Hall–Kier alpha value is -1.95. The van der Waals surface area contributed by atoms with Crippen molar-refractivity contribution in [3.63, 3.8) is 0 Å². The van der Waals surface area contributed by atoms with Gasteiger partial charge in [-0.1, -0.05) is 0 Å². The molecule has 0 unspecified atom stereocenters. The molecule has 3 rings (SSSR count). The van der Waals surface area contributed by atoms with Crippen LogP contribution in [0, 0.1) is 13.8 Å². The second-order valence-electron chi connectivity index (χ2n) is 4.56. The predicted octanol–water partition coefficient (Wildman–Crippen LogP) is 3.53. The van der Waals surface area contributed by atoms with Crippen LogP contribution in [0.3, 0.4) is 0 Å². The van der Waals surface area contributed by atoms with Crippen molar-refractivity contribution in [3.8, 4) is 11.5 Å². The van der Waals surface area contributed by atoms with E-state index in [1.165, 1.54) is 0 Å². The van der Waals surface area contributed by atoms with E-state index >= 15 is 0 Å². The van der Waals surface area contributed by atoms with Gasteiger partial charge in [0, 0.05) is 30.0 Å². The van der Waals surface area contributed by atoms with E-state index in [0.29, 0.717) is 5.75 Å². The highest BCUT2D eigenvalue weighted by Gasteiger charge is 2.14. The zero-order valence-electron chi connectivity index (χ0n) is 11.4. The molecular formula is C14H13BrN4O. The van der Waals surface area contributed by atoms with Crippen LogP contribution in [-0.4, -0.2) is 19.7 Å². The lowest BCUT2D eigenvalue weighted by Gasteiger charge is -2.08. The lowest BCUT2D eigenvalue weighted by Crippen LogP contribution is -1.94. The number of halogens is 1. The fraction of sp³-hybridized carbons (Fsp3) is 0.214. The lowest BCUT2D eigenvalue weighted by atomic mass is 10.3. The van der Waals surface area contributed by atoms with Gasteiger partial charge in [-0.2, -0.15) is 5.10 Å². The minimum atomic E-state index is 0.682. The number of hydrogen-bond acceptors (Lipinski definition) is 4. The van der Waals surface area contributed by atoms with E-state index in [0.717, 1.165) is 32.6 Å². The van der Waals surface area contributed by atoms with E-state index in [-0.39, 0.29) is 0 Å². The zero-order chi connectivity index (χ0) is 14.3. The average Bonchev–Trinajstić information content (AvgIpc) is 2.65. The number of fused-ring (bicyclic) bond motifs is 1. The summed E-state index contributed by atoms with van der Waals surface area (Å²) in [6.45, 7) is 3.90. The van der Waals surface area contributed by atoms with E-state index in [9.17, 15) is 0 Å². The average molecular weight is 333 g/mol. The Morgan fingerprint density at radius 3 is 2.75 bits per heavy atom. The maximum absolute atomic E-state index is 6.01. The molecule has 0 aliphatic carbocycles. The van der Waals surface area contributed by atoms with Gasteiger partial charge in [-0.3, -0.25) is 9.67 Å². The van der Waals surface area contributed by atoms with Crippen molar-refractivity contribution in [3.05, 3.63) is 40.4 Å². The minimum absolute atomic E-state index is 0.682. The van der Waals surface area contributed by atoms with E-state index in [4.69, 9.17) is 4.74 Å². The molecular weight excluding hydrogens is 320 g/mol. The van der Waals surface area contributed by atoms with Crippen LogP contribution in [0.1, 0.15) is 11.4 Å². The number of aryl methyl sites for hydroxylation is 2. The molecule has 0 radical (unpaired) electrons. The van der Waals surface area contributed by atoms with Gasteiger partial charge in [-0.25, -0.2) is 4.98 Å². The summed E-state index contributed by atoms with van der Waals surface area (Å²) in [4.78, 5) is 8.68. The molecule has 0 aliphatic rings. The topological polar surface area (TPSA) is 52.8 Å². The molecule has 0 aliphatic heterocycles. The molecule has 3 aromatic rings. The van der Waals surface area contributed by atoms with Gasteiger partial charge in [0.25, 0.3) is 0 Å². The first-order valence-electron chi connectivity index (χ1n) is 6.14. The number of pyridine rings is 2. The zero-order valence-corrected chi connectivity index (χ0v) is 13.0. The quantitative estimate of drug-likeness (QED) is 0.720. The third kappa shape index (κ3) is 2.16. The van der Waals surface area contributed by atoms with Gasteiger partial charge in [0.05, 0.1) is 11.2 Å². The van der Waals surface area contributed by atoms with E-state index in [2.05, 4.69) is 31.0 Å². The van der Waals surface area contributed by atoms with Gasteiger partial charge in [0.15, 0.2) is 11.5 Å². The number of rotatable bonds is 2. The fourth-order valence-electron chi connectivity index (χ4n) is 2.08. The minimum Gasteiger partial charge on any atom is -0.451 e. The number of nitrogens with zero attached hydrogens (tertiary/aromatic N) is 4. The molecule has 102 valence electrons. The van der Waals surface area contributed by atoms with Gasteiger partial charge in [-0.15, -0.1) is 0 Å². The Balaban J connectivity index is 2.11. The molecule has 20 heavy (non-hydrogen) atoms. The van der Waals surface area contributed by atoms with Gasteiger partial charge >= 0.3 is 0 Å². The molecule has 5 nitrogen and oxygen atoms in total. The van der Waals surface area contributed by atoms with E-state index < -0.39 is 0 Å². The van der Waals surface area contributed by atoms with Crippen molar-refractivity contribution in [2.45, 2.75) is 13.8 Å². The van der Waals surface area contributed by atoms with Crippen LogP contribution < -0.4 is 4.74 Å². The van der Waals surface area contributed by atoms with Crippen molar-refractivity contribution in [2.75, 3.05) is 0 Å². The van der Waals surface area contributed by atoms with Crippen molar-refractivity contribution in [1.29, 1.82) is 0 Å². The molecule has 0 N–H and O–H groups in total. The molecule has 3 heterocycles. The summed E-state index contributed by atoms with van der Waals surface area (Å²) in [6, 6.07) is 3.73. The SMILES string of the molecule is Cc1nn(C)c(C)c1Oc1ccnc2cc(Br)cnc12. The van der Waals surface area contributed by atoms with Crippen molar-refractivity contribution in [2.24, 2.45) is 7.05 Å². The molecule has 0 saturated heterocycles. The lowest BCUT2D eigenvalue weighted by molar-refractivity contribution is 0.478. The summed E-state index contributed by atoms with van der Waals surface area (Å²) in [7, 11) is 1.90. The van der Waals surface area contributed by atoms with E-state index in [1.54, 1.807) is 17.1 Å². The third-order valence-corrected chi connectivity index (χ3v) is 3.60. The highest BCUT2D eigenvalue weighted by Crippen LogP contribution is 2.31. The molecule has 0 amide bonds. The Bertz CT molecular complexity index is 797. The summed E-state index contributed by atoms with van der Waals surface area (Å²) in [5.74, 6) is 1.45. The standard InChI is InChI=1S/C14H13BrN4O/c1-8-14(9(2)19(3)18-8)20-12-4-5-16-11-6-10(15)7-17-13(11)12/h4-7H,1-3H3. The van der Waals surface area contributed by atoms with Crippen molar-refractivity contribution >= 4 is 27.0 Å². The van der Waals surface area contributed by atoms with Crippen molar-refractivity contribution < 1.29 is 4.74 Å². The maximum Gasteiger partial charge on any atom is 0.171 e. The van der Waals surface area contributed by atoms with Crippen LogP contribution in [0.5, 0.6) is 11.5 Å². The summed E-state index contributed by atoms with van der Waals surface area (Å²) in [5.41, 5.74) is 3.35. The molecule has 0 aromatic carbocycles. The maximum atomic E-state index is 6.01. The molecule has 0 bridgehead atoms. The summed E-state index contributed by atoms with van der Waals surface area (Å²) >= 11 is 3.39. The van der Waals surface area contributed by atoms with Crippen LogP contribution in [-0.2, 0) is 7.05 Å². The van der Waals surface area contributed by atoms with Crippen LogP contribution in [0.4, 0.5) is 0 Å². The summed E-state index contributed by atoms with van der Waals surface area (Å²) < 4.78 is 8.71. The smallest absolute Gasteiger partial charge is 0.171 e. The molecule has 0 fully saturated rings. The molecule has 0 atom stereocenters. The molecule has 0 spiro atoms. The number of aromatic nitrogens is 4. The first kappa shape index (κ1) is 13.1. The normalized spacial score (nSPS) is 11.0. The monoisotopic (exact) mass is 332 g/mol. The highest BCUT2D eigenvalue weighted by molar-refractivity contribution is 9.10. The van der Waals surface area contributed by atoms with Crippen molar-refractivity contribution in [1.82, 2.24) is 19.7 Å². The number of ether oxygens (including phenoxy) is 1. The second kappa shape index (κ2) is 4.86. The predicted molar refractivity (Wildman–Crippen MR) is 80.0 cm³/mol. The molecule has 6 heteroatoms. The number of hydrogen-bond donors (Lipinski definition) is 0. The second-order valence-corrected chi connectivity index (χ2v) is 5.47. The Kier molecular flexibility index (Phi) is 3.17. The molecule has 0 saturated carbocycles. The summed E-state index contributed by atoms with van der Waals surface area (Å²) in [5, 5.41) is 4.35. The Labute approximate surface area is 124 Å². The van der Waals surface area contributed by atoms with Crippen LogP contribution in [0.15, 0.2) is 29.0 Å². The van der Waals surface area contributed by atoms with Crippen LogP contribution >= 0.6 is 15.9 Å². The Morgan fingerprint density at radius 1 is 1.25 bits per heavy atom.